The van der Waals surface area contributed by atoms with E-state index in [4.69, 9.17) is 10.1 Å². The van der Waals surface area contributed by atoms with Crippen LogP contribution in [0.5, 0.6) is 0 Å². The molecule has 1 aromatic carbocycles. The normalized spacial score (nSPS) is 16.2. The molecule has 5 nitrogen and oxygen atoms in total. The molecular formula is C21H26N4OS. The van der Waals surface area contributed by atoms with Crippen LogP contribution in [0.15, 0.2) is 53.6 Å². The van der Waals surface area contributed by atoms with Crippen molar-refractivity contribution in [2.24, 2.45) is 0 Å². The topological polar surface area (TPSA) is 44.0 Å². The molecule has 0 saturated carbocycles. The van der Waals surface area contributed by atoms with Crippen LogP contribution >= 0.6 is 11.8 Å². The number of imidazole rings is 1. The lowest BCUT2D eigenvalue weighted by atomic mass is 10.1. The number of pyridine rings is 1. The first-order valence-corrected chi connectivity index (χ1v) is 10.7. The summed E-state index contributed by atoms with van der Waals surface area (Å²) in [4.78, 5) is 11.0. The number of hydrogen-bond acceptors (Lipinski definition) is 5. The largest absolute Gasteiger partial charge is 0.395 e. The molecule has 4 rings (SSSR count). The molecule has 2 aromatic heterocycles. The second-order valence-electron chi connectivity index (χ2n) is 6.91. The summed E-state index contributed by atoms with van der Waals surface area (Å²) >= 11 is 1.76. The molecule has 1 aliphatic heterocycles. The Balaban J connectivity index is 1.62. The van der Waals surface area contributed by atoms with Crippen molar-refractivity contribution in [2.45, 2.75) is 11.4 Å². The smallest absolute Gasteiger partial charge is 0.137 e. The Morgan fingerprint density at radius 3 is 2.44 bits per heavy atom. The Labute approximate surface area is 164 Å². The molecule has 0 radical (unpaired) electrons. The molecule has 6 heteroatoms. The first kappa shape index (κ1) is 18.5. The quantitative estimate of drug-likeness (QED) is 0.664. The number of aliphatic hydroxyl groups excluding tert-OH is 1. The van der Waals surface area contributed by atoms with Gasteiger partial charge in [-0.15, -0.1) is 11.8 Å². The van der Waals surface area contributed by atoms with Crippen molar-refractivity contribution in [1.82, 2.24) is 19.2 Å². The maximum Gasteiger partial charge on any atom is 0.137 e. The Morgan fingerprint density at radius 2 is 1.74 bits per heavy atom. The third-order valence-electron chi connectivity index (χ3n) is 5.25. The van der Waals surface area contributed by atoms with Crippen molar-refractivity contribution in [3.8, 4) is 11.3 Å². The molecule has 0 spiro atoms. The van der Waals surface area contributed by atoms with Crippen LogP contribution in [0.4, 0.5) is 0 Å². The third kappa shape index (κ3) is 4.04. The Bertz CT molecular complexity index is 885. The van der Waals surface area contributed by atoms with Gasteiger partial charge in [0.25, 0.3) is 0 Å². The Kier molecular flexibility index (Phi) is 5.78. The van der Waals surface area contributed by atoms with Crippen molar-refractivity contribution < 1.29 is 5.11 Å². The van der Waals surface area contributed by atoms with Gasteiger partial charge in [-0.3, -0.25) is 9.80 Å². The van der Waals surface area contributed by atoms with Gasteiger partial charge in [-0.05, 0) is 30.5 Å². The van der Waals surface area contributed by atoms with Gasteiger partial charge < -0.3 is 9.51 Å². The van der Waals surface area contributed by atoms with E-state index >= 15 is 0 Å². The Morgan fingerprint density at radius 1 is 1.00 bits per heavy atom. The lowest BCUT2D eigenvalue weighted by molar-refractivity contribution is 0.107. The zero-order valence-corrected chi connectivity index (χ0v) is 16.5. The van der Waals surface area contributed by atoms with E-state index in [-0.39, 0.29) is 6.61 Å². The number of piperazine rings is 1. The van der Waals surface area contributed by atoms with Gasteiger partial charge in [0.1, 0.15) is 5.65 Å². The standard InChI is InChI=1S/C21H26N4OS/c1-27-18-7-5-17(6-8-18)21-19(25-9-3-2-4-20(25)22-21)16-24-12-10-23(11-13-24)14-15-26/h2-9,26H,10-16H2,1H3. The minimum Gasteiger partial charge on any atom is -0.395 e. The van der Waals surface area contributed by atoms with Crippen molar-refractivity contribution >= 4 is 17.4 Å². The number of rotatable bonds is 6. The fourth-order valence-electron chi connectivity index (χ4n) is 3.70. The predicted molar refractivity (Wildman–Crippen MR) is 111 cm³/mol. The van der Waals surface area contributed by atoms with Crippen LogP contribution < -0.4 is 0 Å². The molecule has 0 amide bonds. The fraction of sp³-hybridized carbons (Fsp3) is 0.381. The zero-order chi connectivity index (χ0) is 18.6. The number of hydrogen-bond donors (Lipinski definition) is 1. The maximum absolute atomic E-state index is 9.14. The van der Waals surface area contributed by atoms with Gasteiger partial charge in [0.15, 0.2) is 0 Å². The highest BCUT2D eigenvalue weighted by atomic mass is 32.2. The maximum atomic E-state index is 9.14. The van der Waals surface area contributed by atoms with E-state index in [1.54, 1.807) is 11.8 Å². The van der Waals surface area contributed by atoms with Gasteiger partial charge in [-0.1, -0.05) is 18.2 Å². The minimum absolute atomic E-state index is 0.240. The number of nitrogens with zero attached hydrogens (tertiary/aromatic N) is 4. The van der Waals surface area contributed by atoms with Crippen LogP contribution in [0.3, 0.4) is 0 Å². The molecule has 27 heavy (non-hydrogen) atoms. The van der Waals surface area contributed by atoms with Crippen LogP contribution in [0.1, 0.15) is 5.69 Å². The first-order chi connectivity index (χ1) is 13.3. The van der Waals surface area contributed by atoms with Gasteiger partial charge in [0, 0.05) is 55.9 Å². The van der Waals surface area contributed by atoms with Crippen LogP contribution in [-0.2, 0) is 6.54 Å². The van der Waals surface area contributed by atoms with Crippen LogP contribution in [0.2, 0.25) is 0 Å². The molecule has 1 N–H and O–H groups in total. The molecule has 1 aliphatic rings. The predicted octanol–water partition coefficient (Wildman–Crippen LogP) is 2.83. The van der Waals surface area contributed by atoms with E-state index in [9.17, 15) is 0 Å². The number of benzene rings is 1. The lowest BCUT2D eigenvalue weighted by Gasteiger charge is -2.34. The van der Waals surface area contributed by atoms with Crippen molar-refractivity contribution in [2.75, 3.05) is 45.6 Å². The van der Waals surface area contributed by atoms with E-state index in [0.29, 0.717) is 0 Å². The van der Waals surface area contributed by atoms with E-state index in [1.165, 1.54) is 16.2 Å². The third-order valence-corrected chi connectivity index (χ3v) is 5.99. The second-order valence-corrected chi connectivity index (χ2v) is 7.79. The number of thioether (sulfide) groups is 1. The summed E-state index contributed by atoms with van der Waals surface area (Å²) < 4.78 is 2.22. The van der Waals surface area contributed by atoms with E-state index in [0.717, 1.165) is 50.6 Å². The van der Waals surface area contributed by atoms with E-state index in [1.807, 2.05) is 6.07 Å². The highest BCUT2D eigenvalue weighted by molar-refractivity contribution is 7.98. The minimum atomic E-state index is 0.240. The number of aromatic nitrogens is 2. The summed E-state index contributed by atoms with van der Waals surface area (Å²) in [6.07, 6.45) is 4.21. The van der Waals surface area contributed by atoms with Gasteiger partial charge in [-0.2, -0.15) is 0 Å². The summed E-state index contributed by atoms with van der Waals surface area (Å²) in [5.41, 5.74) is 4.49. The van der Waals surface area contributed by atoms with Crippen molar-refractivity contribution in [3.63, 3.8) is 0 Å². The van der Waals surface area contributed by atoms with Crippen molar-refractivity contribution in [3.05, 3.63) is 54.4 Å². The molecule has 1 fully saturated rings. The molecule has 0 unspecified atom stereocenters. The van der Waals surface area contributed by atoms with Gasteiger partial charge in [-0.25, -0.2) is 4.98 Å². The molecule has 0 atom stereocenters. The molecule has 0 bridgehead atoms. The monoisotopic (exact) mass is 382 g/mol. The Hall–Kier alpha value is -1.86. The van der Waals surface area contributed by atoms with Gasteiger partial charge >= 0.3 is 0 Å². The SMILES string of the molecule is CSc1ccc(-c2nc3ccccn3c2CN2CCN(CCO)CC2)cc1. The molecule has 1 saturated heterocycles. The van der Waals surface area contributed by atoms with Gasteiger partial charge in [0.2, 0.25) is 0 Å². The summed E-state index contributed by atoms with van der Waals surface area (Å²) in [7, 11) is 0. The zero-order valence-electron chi connectivity index (χ0n) is 15.7. The summed E-state index contributed by atoms with van der Waals surface area (Å²) in [5.74, 6) is 0. The van der Waals surface area contributed by atoms with Gasteiger partial charge in [0.05, 0.1) is 18.0 Å². The lowest BCUT2D eigenvalue weighted by Crippen LogP contribution is -2.46. The first-order valence-electron chi connectivity index (χ1n) is 9.44. The number of fused-ring (bicyclic) bond motifs is 1. The average molecular weight is 383 g/mol. The van der Waals surface area contributed by atoms with Crippen LogP contribution in [0, 0.1) is 0 Å². The van der Waals surface area contributed by atoms with E-state index < -0.39 is 0 Å². The summed E-state index contributed by atoms with van der Waals surface area (Å²) in [6.45, 7) is 5.96. The highest BCUT2D eigenvalue weighted by Gasteiger charge is 2.21. The summed E-state index contributed by atoms with van der Waals surface area (Å²) in [6, 6.07) is 14.9. The van der Waals surface area contributed by atoms with Crippen LogP contribution in [0.25, 0.3) is 16.9 Å². The van der Waals surface area contributed by atoms with Crippen molar-refractivity contribution in [1.29, 1.82) is 0 Å². The highest BCUT2D eigenvalue weighted by Crippen LogP contribution is 2.28. The fourth-order valence-corrected chi connectivity index (χ4v) is 4.11. The number of β-amino-alcohol motifs (C(OH)–C–C–N with tert-alkyl or cyclic N) is 1. The number of aliphatic hydroxyl groups is 1. The summed E-state index contributed by atoms with van der Waals surface area (Å²) in [5, 5.41) is 9.14. The molecular weight excluding hydrogens is 356 g/mol. The molecule has 0 aliphatic carbocycles. The second kappa shape index (κ2) is 8.44. The van der Waals surface area contributed by atoms with E-state index in [2.05, 4.69) is 63.1 Å². The molecule has 3 aromatic rings. The average Bonchev–Trinajstić information content (AvgIpc) is 3.08. The molecule has 142 valence electrons. The van der Waals surface area contributed by atoms with Crippen LogP contribution in [-0.4, -0.2) is 69.9 Å². The molecule has 3 heterocycles.